The third-order valence-corrected chi connectivity index (χ3v) is 4.77. The standard InChI is InChI=1S/C18H19F3N6O2/c1-2-26-10-11(9-23-26)8-22-17(28)13-7-16-24-12(14-4-3-5-29-14)6-15(18(19,20)21)27(16)25-13/h3-5,7,9-10,12,15,24H,2,6,8H2,1H3,(H,22,28). The van der Waals surface area contributed by atoms with E-state index in [1.54, 1.807) is 29.2 Å². The number of halogens is 3. The fourth-order valence-electron chi connectivity index (χ4n) is 3.30. The Hall–Kier alpha value is -3.24. The van der Waals surface area contributed by atoms with Crippen LogP contribution in [0.5, 0.6) is 0 Å². The summed E-state index contributed by atoms with van der Waals surface area (Å²) in [5.74, 6) is -0.0528. The molecule has 3 aromatic rings. The molecule has 3 aromatic heterocycles. The highest BCUT2D eigenvalue weighted by molar-refractivity contribution is 5.93. The SMILES string of the molecule is CCn1cc(CNC(=O)c2cc3n(n2)C(C(F)(F)F)CC(c2ccco2)N3)cn1. The lowest BCUT2D eigenvalue weighted by molar-refractivity contribution is -0.174. The van der Waals surface area contributed by atoms with Crippen molar-refractivity contribution in [2.45, 2.75) is 44.7 Å². The number of rotatable bonds is 5. The van der Waals surface area contributed by atoms with Crippen LogP contribution in [-0.4, -0.2) is 31.6 Å². The Kier molecular flexibility index (Phi) is 4.81. The number of hydrogen-bond acceptors (Lipinski definition) is 5. The third-order valence-electron chi connectivity index (χ3n) is 4.77. The average Bonchev–Trinajstić information content (AvgIpc) is 3.44. The summed E-state index contributed by atoms with van der Waals surface area (Å²) in [6.07, 6.45) is 0.00899. The number of aryl methyl sites for hydroxylation is 1. The molecule has 2 unspecified atom stereocenters. The van der Waals surface area contributed by atoms with Gasteiger partial charge in [-0.2, -0.15) is 23.4 Å². The first-order chi connectivity index (χ1) is 13.8. The van der Waals surface area contributed by atoms with Crippen LogP contribution in [-0.2, 0) is 13.1 Å². The molecule has 0 spiro atoms. The van der Waals surface area contributed by atoms with Gasteiger partial charge in [-0.1, -0.05) is 0 Å². The van der Waals surface area contributed by atoms with E-state index in [-0.39, 0.29) is 24.5 Å². The number of carbonyl (C=O) groups excluding carboxylic acids is 1. The van der Waals surface area contributed by atoms with Gasteiger partial charge < -0.3 is 15.1 Å². The molecule has 1 aliphatic heterocycles. The number of nitrogens with zero attached hydrogens (tertiary/aromatic N) is 4. The average molecular weight is 408 g/mol. The minimum Gasteiger partial charge on any atom is -0.467 e. The second-order valence-electron chi connectivity index (χ2n) is 6.75. The number of anilines is 1. The van der Waals surface area contributed by atoms with Gasteiger partial charge in [0.05, 0.1) is 18.5 Å². The van der Waals surface area contributed by atoms with Gasteiger partial charge in [0.1, 0.15) is 11.6 Å². The first kappa shape index (κ1) is 19.1. The molecule has 29 heavy (non-hydrogen) atoms. The van der Waals surface area contributed by atoms with E-state index in [0.717, 1.165) is 10.2 Å². The molecule has 154 valence electrons. The summed E-state index contributed by atoms with van der Waals surface area (Å²) in [7, 11) is 0. The Morgan fingerprint density at radius 1 is 1.45 bits per heavy atom. The van der Waals surface area contributed by atoms with E-state index < -0.39 is 24.2 Å². The minimum atomic E-state index is -4.52. The Morgan fingerprint density at radius 3 is 2.93 bits per heavy atom. The maximum absolute atomic E-state index is 13.6. The molecule has 0 aliphatic carbocycles. The maximum atomic E-state index is 13.6. The lowest BCUT2D eigenvalue weighted by Gasteiger charge is -2.32. The summed E-state index contributed by atoms with van der Waals surface area (Å²) < 4.78 is 48.7. The Labute approximate surface area is 163 Å². The molecule has 11 heteroatoms. The molecule has 4 heterocycles. The molecule has 0 saturated heterocycles. The van der Waals surface area contributed by atoms with Gasteiger partial charge in [-0.15, -0.1) is 0 Å². The third kappa shape index (κ3) is 3.84. The Bertz CT molecular complexity index is 992. The Balaban J connectivity index is 1.54. The molecule has 2 N–H and O–H groups in total. The molecule has 0 saturated carbocycles. The van der Waals surface area contributed by atoms with E-state index in [1.807, 2.05) is 6.92 Å². The number of amides is 1. The zero-order valence-corrected chi connectivity index (χ0v) is 15.5. The van der Waals surface area contributed by atoms with Crippen molar-refractivity contribution in [1.29, 1.82) is 0 Å². The topological polar surface area (TPSA) is 89.9 Å². The van der Waals surface area contributed by atoms with Gasteiger partial charge in [0, 0.05) is 37.3 Å². The number of hydrogen-bond donors (Lipinski definition) is 2. The van der Waals surface area contributed by atoms with E-state index in [0.29, 0.717) is 12.3 Å². The molecule has 1 amide bonds. The summed E-state index contributed by atoms with van der Waals surface area (Å²) in [5.41, 5.74) is 0.693. The maximum Gasteiger partial charge on any atom is 0.410 e. The quantitative estimate of drug-likeness (QED) is 0.676. The smallest absolute Gasteiger partial charge is 0.410 e. The van der Waals surface area contributed by atoms with Gasteiger partial charge in [-0.05, 0) is 19.1 Å². The molecule has 1 aliphatic rings. The van der Waals surface area contributed by atoms with Crippen LogP contribution in [0.25, 0.3) is 0 Å². The number of nitrogens with one attached hydrogen (secondary N) is 2. The van der Waals surface area contributed by atoms with Crippen LogP contribution in [0.3, 0.4) is 0 Å². The van der Waals surface area contributed by atoms with Crippen molar-refractivity contribution < 1.29 is 22.4 Å². The molecule has 2 atom stereocenters. The van der Waals surface area contributed by atoms with Crippen molar-refractivity contribution in [3.8, 4) is 0 Å². The molecule has 0 aromatic carbocycles. The molecular weight excluding hydrogens is 389 g/mol. The number of aromatic nitrogens is 4. The van der Waals surface area contributed by atoms with Crippen LogP contribution in [0, 0.1) is 0 Å². The lowest BCUT2D eigenvalue weighted by Crippen LogP contribution is -2.35. The van der Waals surface area contributed by atoms with Gasteiger partial charge in [-0.3, -0.25) is 9.48 Å². The van der Waals surface area contributed by atoms with Crippen LogP contribution in [0.1, 0.15) is 47.2 Å². The second kappa shape index (κ2) is 7.30. The van der Waals surface area contributed by atoms with Gasteiger partial charge >= 0.3 is 6.18 Å². The molecule has 8 nitrogen and oxygen atoms in total. The zero-order valence-electron chi connectivity index (χ0n) is 15.5. The summed E-state index contributed by atoms with van der Waals surface area (Å²) >= 11 is 0. The number of fused-ring (bicyclic) bond motifs is 1. The zero-order chi connectivity index (χ0) is 20.6. The van der Waals surface area contributed by atoms with E-state index in [4.69, 9.17) is 4.42 Å². The summed E-state index contributed by atoms with van der Waals surface area (Å²) in [6.45, 7) is 2.83. The first-order valence-electron chi connectivity index (χ1n) is 9.11. The van der Waals surface area contributed by atoms with Crippen molar-refractivity contribution in [1.82, 2.24) is 24.9 Å². The van der Waals surface area contributed by atoms with Crippen molar-refractivity contribution in [3.05, 3.63) is 53.9 Å². The largest absolute Gasteiger partial charge is 0.467 e. The molecule has 0 fully saturated rings. The predicted octanol–water partition coefficient (Wildman–Crippen LogP) is 3.28. The monoisotopic (exact) mass is 408 g/mol. The van der Waals surface area contributed by atoms with Crippen LogP contribution >= 0.6 is 0 Å². The highest BCUT2D eigenvalue weighted by Crippen LogP contribution is 2.43. The summed E-state index contributed by atoms with van der Waals surface area (Å²) in [6, 6.07) is 2.01. The predicted molar refractivity (Wildman–Crippen MR) is 96.1 cm³/mol. The fourth-order valence-corrected chi connectivity index (χ4v) is 3.30. The van der Waals surface area contributed by atoms with Gasteiger partial charge in [-0.25, -0.2) is 4.68 Å². The summed E-state index contributed by atoms with van der Waals surface area (Å²) in [4.78, 5) is 12.4. The van der Waals surface area contributed by atoms with Crippen LogP contribution in [0.2, 0.25) is 0 Å². The second-order valence-corrected chi connectivity index (χ2v) is 6.75. The number of furan rings is 1. The first-order valence-corrected chi connectivity index (χ1v) is 9.11. The van der Waals surface area contributed by atoms with E-state index in [2.05, 4.69) is 20.8 Å². The van der Waals surface area contributed by atoms with Gasteiger partial charge in [0.2, 0.25) is 0 Å². The van der Waals surface area contributed by atoms with Crippen molar-refractivity contribution in [2.24, 2.45) is 0 Å². The molecular formula is C18H19F3N6O2. The molecule has 4 rings (SSSR count). The number of carbonyl (C=O) groups is 1. The highest BCUT2D eigenvalue weighted by Gasteiger charge is 2.47. The van der Waals surface area contributed by atoms with Crippen molar-refractivity contribution >= 4 is 11.7 Å². The van der Waals surface area contributed by atoms with E-state index >= 15 is 0 Å². The molecule has 0 bridgehead atoms. The van der Waals surface area contributed by atoms with Gasteiger partial charge in [0.25, 0.3) is 5.91 Å². The summed E-state index contributed by atoms with van der Waals surface area (Å²) in [5, 5.41) is 13.7. The van der Waals surface area contributed by atoms with Crippen molar-refractivity contribution in [2.75, 3.05) is 5.32 Å². The van der Waals surface area contributed by atoms with Gasteiger partial charge in [0.15, 0.2) is 11.7 Å². The van der Waals surface area contributed by atoms with E-state index in [1.165, 1.54) is 12.3 Å². The van der Waals surface area contributed by atoms with E-state index in [9.17, 15) is 18.0 Å². The number of alkyl halides is 3. The lowest BCUT2D eigenvalue weighted by atomic mass is 10.0. The molecule has 0 radical (unpaired) electrons. The fraction of sp³-hybridized carbons (Fsp3) is 0.389. The van der Waals surface area contributed by atoms with Crippen LogP contribution < -0.4 is 10.6 Å². The Morgan fingerprint density at radius 2 is 2.28 bits per heavy atom. The normalized spacial score (nSPS) is 18.9. The minimum absolute atomic E-state index is 0.0928. The van der Waals surface area contributed by atoms with Crippen LogP contribution in [0.4, 0.5) is 19.0 Å². The highest BCUT2D eigenvalue weighted by atomic mass is 19.4. The van der Waals surface area contributed by atoms with Crippen molar-refractivity contribution in [3.63, 3.8) is 0 Å². The van der Waals surface area contributed by atoms with Crippen LogP contribution in [0.15, 0.2) is 41.3 Å².